The molecule has 1 aliphatic rings. The highest BCUT2D eigenvalue weighted by Crippen LogP contribution is 2.23. The average Bonchev–Trinajstić information content (AvgIpc) is 2.96. The van der Waals surface area contributed by atoms with Gasteiger partial charge in [0.1, 0.15) is 5.75 Å². The number of ether oxygens (including phenoxy) is 1. The largest absolute Gasteiger partial charge is 0.496 e. The van der Waals surface area contributed by atoms with Crippen LogP contribution in [0.1, 0.15) is 16.3 Å². The van der Waals surface area contributed by atoms with Crippen LogP contribution in [0.4, 0.5) is 0 Å². The molecule has 3 rings (SSSR count). The lowest BCUT2D eigenvalue weighted by atomic mass is 10.1. The molecular weight excluding hydrogens is 282 g/mol. The number of piperazine rings is 1. The molecule has 1 saturated heterocycles. The zero-order valence-electron chi connectivity index (χ0n) is 12.3. The standard InChI is InChI=1S/C16H21N3OS/c1-20-15-5-3-2-4-13(15)10-16-18-14(12-21-16)11-19-8-6-17-7-9-19/h2-5,12,17H,6-11H2,1H3. The number of para-hydroxylation sites is 1. The molecule has 5 heteroatoms. The summed E-state index contributed by atoms with van der Waals surface area (Å²) in [5.74, 6) is 0.941. The van der Waals surface area contributed by atoms with Crippen molar-refractivity contribution in [2.24, 2.45) is 0 Å². The van der Waals surface area contributed by atoms with Crippen molar-refractivity contribution in [1.82, 2.24) is 15.2 Å². The van der Waals surface area contributed by atoms with Gasteiger partial charge in [-0.05, 0) is 6.07 Å². The van der Waals surface area contributed by atoms with Crippen LogP contribution in [0.5, 0.6) is 5.75 Å². The normalized spacial score (nSPS) is 16.0. The van der Waals surface area contributed by atoms with Gasteiger partial charge in [-0.1, -0.05) is 18.2 Å². The number of hydrogen-bond donors (Lipinski definition) is 1. The molecule has 0 atom stereocenters. The van der Waals surface area contributed by atoms with Gasteiger partial charge in [0, 0.05) is 50.1 Å². The first kappa shape index (κ1) is 14.5. The number of aromatic nitrogens is 1. The van der Waals surface area contributed by atoms with Gasteiger partial charge in [-0.15, -0.1) is 11.3 Å². The van der Waals surface area contributed by atoms with Gasteiger partial charge in [0.25, 0.3) is 0 Å². The summed E-state index contributed by atoms with van der Waals surface area (Å²) in [4.78, 5) is 7.23. The maximum Gasteiger partial charge on any atom is 0.122 e. The number of rotatable bonds is 5. The minimum Gasteiger partial charge on any atom is -0.496 e. The highest BCUT2D eigenvalue weighted by Gasteiger charge is 2.12. The van der Waals surface area contributed by atoms with Gasteiger partial charge in [0.15, 0.2) is 0 Å². The van der Waals surface area contributed by atoms with Crippen LogP contribution in [0.3, 0.4) is 0 Å². The minimum absolute atomic E-state index is 0.843. The fourth-order valence-electron chi connectivity index (χ4n) is 2.61. The summed E-state index contributed by atoms with van der Waals surface area (Å²) in [6, 6.07) is 8.16. The van der Waals surface area contributed by atoms with Crippen LogP contribution in [-0.2, 0) is 13.0 Å². The first-order valence-electron chi connectivity index (χ1n) is 7.33. The molecule has 1 aromatic heterocycles. The Morgan fingerprint density at radius 2 is 2.10 bits per heavy atom. The Bertz CT molecular complexity index is 578. The van der Waals surface area contributed by atoms with Gasteiger partial charge in [-0.3, -0.25) is 4.90 Å². The first-order chi connectivity index (χ1) is 10.3. The Kier molecular flexibility index (Phi) is 4.85. The van der Waals surface area contributed by atoms with Gasteiger partial charge < -0.3 is 10.1 Å². The second-order valence-electron chi connectivity index (χ2n) is 5.25. The van der Waals surface area contributed by atoms with E-state index in [2.05, 4.69) is 21.7 Å². The second-order valence-corrected chi connectivity index (χ2v) is 6.19. The zero-order valence-corrected chi connectivity index (χ0v) is 13.2. The SMILES string of the molecule is COc1ccccc1Cc1nc(CN2CCNCC2)cs1. The molecule has 2 heterocycles. The van der Waals surface area contributed by atoms with Crippen molar-refractivity contribution in [3.63, 3.8) is 0 Å². The first-order valence-corrected chi connectivity index (χ1v) is 8.21. The Balaban J connectivity index is 1.64. The minimum atomic E-state index is 0.843. The Morgan fingerprint density at radius 3 is 2.90 bits per heavy atom. The third-order valence-electron chi connectivity index (χ3n) is 3.73. The Hall–Kier alpha value is -1.43. The monoisotopic (exact) mass is 303 g/mol. The number of nitrogens with one attached hydrogen (secondary N) is 1. The van der Waals surface area contributed by atoms with E-state index in [0.717, 1.165) is 49.9 Å². The van der Waals surface area contributed by atoms with Gasteiger partial charge >= 0.3 is 0 Å². The number of thiazole rings is 1. The fraction of sp³-hybridized carbons (Fsp3) is 0.438. The summed E-state index contributed by atoms with van der Waals surface area (Å²) in [7, 11) is 1.72. The molecule has 1 fully saturated rings. The maximum atomic E-state index is 5.41. The Morgan fingerprint density at radius 1 is 1.29 bits per heavy atom. The molecule has 0 aliphatic carbocycles. The van der Waals surface area contributed by atoms with E-state index in [1.54, 1.807) is 18.4 Å². The predicted molar refractivity (Wildman–Crippen MR) is 86.1 cm³/mol. The average molecular weight is 303 g/mol. The predicted octanol–water partition coefficient (Wildman–Crippen LogP) is 2.15. The molecule has 0 bridgehead atoms. The molecule has 1 aromatic carbocycles. The van der Waals surface area contributed by atoms with E-state index >= 15 is 0 Å². The van der Waals surface area contributed by atoms with Crippen LogP contribution in [0.25, 0.3) is 0 Å². The van der Waals surface area contributed by atoms with E-state index in [0.29, 0.717) is 0 Å². The molecule has 4 nitrogen and oxygen atoms in total. The maximum absolute atomic E-state index is 5.41. The van der Waals surface area contributed by atoms with Crippen LogP contribution in [0.2, 0.25) is 0 Å². The van der Waals surface area contributed by atoms with Crippen molar-refractivity contribution in [2.45, 2.75) is 13.0 Å². The lowest BCUT2D eigenvalue weighted by molar-refractivity contribution is 0.231. The van der Waals surface area contributed by atoms with Crippen LogP contribution in [-0.4, -0.2) is 43.2 Å². The smallest absolute Gasteiger partial charge is 0.122 e. The number of benzene rings is 1. The zero-order chi connectivity index (χ0) is 14.5. The van der Waals surface area contributed by atoms with Gasteiger partial charge in [0.2, 0.25) is 0 Å². The number of methoxy groups -OCH3 is 1. The molecule has 2 aromatic rings. The van der Waals surface area contributed by atoms with Gasteiger partial charge in [-0.2, -0.15) is 0 Å². The third-order valence-corrected chi connectivity index (χ3v) is 4.63. The van der Waals surface area contributed by atoms with E-state index in [1.165, 1.54) is 11.3 Å². The van der Waals surface area contributed by atoms with E-state index in [-0.39, 0.29) is 0 Å². The van der Waals surface area contributed by atoms with Crippen LogP contribution >= 0.6 is 11.3 Å². The molecule has 0 saturated carbocycles. The molecule has 1 aliphatic heterocycles. The van der Waals surface area contributed by atoms with Gasteiger partial charge in [-0.25, -0.2) is 4.98 Å². The van der Waals surface area contributed by atoms with Crippen molar-refractivity contribution < 1.29 is 4.74 Å². The van der Waals surface area contributed by atoms with Crippen LogP contribution in [0, 0.1) is 0 Å². The molecule has 0 amide bonds. The molecular formula is C16H21N3OS. The topological polar surface area (TPSA) is 37.4 Å². The lowest BCUT2D eigenvalue weighted by Gasteiger charge is -2.26. The Labute approximate surface area is 129 Å². The molecule has 1 N–H and O–H groups in total. The van der Waals surface area contributed by atoms with Crippen molar-refractivity contribution in [1.29, 1.82) is 0 Å². The summed E-state index contributed by atoms with van der Waals surface area (Å²) < 4.78 is 5.41. The second kappa shape index (κ2) is 7.02. The summed E-state index contributed by atoms with van der Waals surface area (Å²) in [5, 5.41) is 6.72. The van der Waals surface area contributed by atoms with Crippen LogP contribution < -0.4 is 10.1 Å². The van der Waals surface area contributed by atoms with Gasteiger partial charge in [0.05, 0.1) is 17.8 Å². The van der Waals surface area contributed by atoms with Crippen molar-refractivity contribution in [3.8, 4) is 5.75 Å². The quantitative estimate of drug-likeness (QED) is 0.918. The molecule has 0 unspecified atom stereocenters. The van der Waals surface area contributed by atoms with Crippen LogP contribution in [0.15, 0.2) is 29.6 Å². The fourth-order valence-corrected chi connectivity index (χ4v) is 3.42. The summed E-state index contributed by atoms with van der Waals surface area (Å²) in [5.41, 5.74) is 2.38. The van der Waals surface area contributed by atoms with E-state index in [9.17, 15) is 0 Å². The molecule has 0 spiro atoms. The summed E-state index contributed by atoms with van der Waals surface area (Å²) in [6.45, 7) is 5.35. The lowest BCUT2D eigenvalue weighted by Crippen LogP contribution is -2.42. The van der Waals surface area contributed by atoms with E-state index in [1.807, 2.05) is 18.2 Å². The highest BCUT2D eigenvalue weighted by atomic mass is 32.1. The molecule has 21 heavy (non-hydrogen) atoms. The van der Waals surface area contributed by atoms with Crippen molar-refractivity contribution in [2.75, 3.05) is 33.3 Å². The van der Waals surface area contributed by atoms with Crippen molar-refractivity contribution >= 4 is 11.3 Å². The van der Waals surface area contributed by atoms with E-state index in [4.69, 9.17) is 9.72 Å². The summed E-state index contributed by atoms with van der Waals surface area (Å²) >= 11 is 1.74. The number of nitrogens with zero attached hydrogens (tertiary/aromatic N) is 2. The highest BCUT2D eigenvalue weighted by molar-refractivity contribution is 7.09. The van der Waals surface area contributed by atoms with E-state index < -0.39 is 0 Å². The molecule has 112 valence electrons. The van der Waals surface area contributed by atoms with Crippen molar-refractivity contribution in [3.05, 3.63) is 45.9 Å². The number of hydrogen-bond acceptors (Lipinski definition) is 5. The summed E-state index contributed by atoms with van der Waals surface area (Å²) in [6.07, 6.45) is 0.843. The molecule has 0 radical (unpaired) electrons. The third kappa shape index (κ3) is 3.81.